The van der Waals surface area contributed by atoms with Crippen molar-refractivity contribution in [2.75, 3.05) is 0 Å². The molecule has 0 radical (unpaired) electrons. The second kappa shape index (κ2) is 6.66. The van der Waals surface area contributed by atoms with Gasteiger partial charge in [0.15, 0.2) is 5.76 Å². The fourth-order valence-corrected chi connectivity index (χ4v) is 2.07. The second-order valence-electron chi connectivity index (χ2n) is 4.73. The van der Waals surface area contributed by atoms with E-state index in [-0.39, 0.29) is 11.3 Å². The summed E-state index contributed by atoms with van der Waals surface area (Å²) in [6.07, 6.45) is 2.70. The van der Waals surface area contributed by atoms with Gasteiger partial charge in [-0.25, -0.2) is 10.2 Å². The number of hydrazone groups is 1. The molecule has 24 heavy (non-hydrogen) atoms. The molecule has 0 atom stereocenters. The lowest BCUT2D eigenvalue weighted by molar-refractivity contribution is 0.0697. The predicted molar refractivity (Wildman–Crippen MR) is 84.9 cm³/mol. The van der Waals surface area contributed by atoms with Gasteiger partial charge in [-0.05, 0) is 30.3 Å². The molecular formula is C17H12N2O5. The topological polar surface area (TPSA) is 105 Å². The third-order valence-corrected chi connectivity index (χ3v) is 3.15. The van der Waals surface area contributed by atoms with Gasteiger partial charge in [0.2, 0.25) is 0 Å². The van der Waals surface area contributed by atoms with E-state index in [1.807, 2.05) is 0 Å². The van der Waals surface area contributed by atoms with Crippen LogP contribution in [0.3, 0.4) is 0 Å². The highest BCUT2D eigenvalue weighted by molar-refractivity contribution is 5.95. The first-order chi connectivity index (χ1) is 11.6. The average Bonchev–Trinajstić information content (AvgIpc) is 3.26. The summed E-state index contributed by atoms with van der Waals surface area (Å²) in [6.45, 7) is 0. The van der Waals surface area contributed by atoms with Crippen molar-refractivity contribution in [2.24, 2.45) is 5.10 Å². The van der Waals surface area contributed by atoms with Crippen LogP contribution in [0.2, 0.25) is 0 Å². The number of amides is 1. The Morgan fingerprint density at radius 3 is 2.67 bits per heavy atom. The number of nitrogens with one attached hydrogen (secondary N) is 1. The van der Waals surface area contributed by atoms with Crippen molar-refractivity contribution in [3.8, 4) is 11.3 Å². The van der Waals surface area contributed by atoms with Crippen LogP contribution in [-0.2, 0) is 0 Å². The van der Waals surface area contributed by atoms with Crippen LogP contribution in [0, 0.1) is 0 Å². The van der Waals surface area contributed by atoms with Gasteiger partial charge in [0.1, 0.15) is 11.5 Å². The molecule has 7 nitrogen and oxygen atoms in total. The van der Waals surface area contributed by atoms with E-state index in [4.69, 9.17) is 8.83 Å². The van der Waals surface area contributed by atoms with E-state index >= 15 is 0 Å². The van der Waals surface area contributed by atoms with Crippen LogP contribution in [0.1, 0.15) is 26.7 Å². The summed E-state index contributed by atoms with van der Waals surface area (Å²) in [6, 6.07) is 12.9. The number of furan rings is 2. The number of benzene rings is 1. The summed E-state index contributed by atoms with van der Waals surface area (Å²) in [5, 5.41) is 13.0. The number of aromatic carboxylic acids is 1. The quantitative estimate of drug-likeness (QED) is 0.554. The monoisotopic (exact) mass is 324 g/mol. The van der Waals surface area contributed by atoms with Crippen LogP contribution in [0.4, 0.5) is 0 Å². The van der Waals surface area contributed by atoms with Gasteiger partial charge in [-0.2, -0.15) is 5.10 Å². The number of hydrogen-bond acceptors (Lipinski definition) is 5. The lowest BCUT2D eigenvalue weighted by Gasteiger charge is -2.01. The molecule has 120 valence electrons. The first-order valence-electron chi connectivity index (χ1n) is 6.94. The molecule has 0 aliphatic heterocycles. The smallest absolute Gasteiger partial charge is 0.336 e. The van der Waals surface area contributed by atoms with Gasteiger partial charge in [0.05, 0.1) is 18.0 Å². The van der Waals surface area contributed by atoms with Crippen LogP contribution in [-0.4, -0.2) is 23.2 Å². The Morgan fingerprint density at radius 1 is 1.08 bits per heavy atom. The number of carboxylic acids is 1. The molecule has 3 aromatic rings. The lowest BCUT2D eigenvalue weighted by atomic mass is 10.1. The molecule has 0 saturated heterocycles. The average molecular weight is 324 g/mol. The highest BCUT2D eigenvalue weighted by Gasteiger charge is 2.13. The maximum atomic E-state index is 11.6. The fourth-order valence-electron chi connectivity index (χ4n) is 2.07. The van der Waals surface area contributed by atoms with Gasteiger partial charge >= 0.3 is 11.9 Å². The maximum absolute atomic E-state index is 11.6. The van der Waals surface area contributed by atoms with E-state index in [9.17, 15) is 14.7 Å². The highest BCUT2D eigenvalue weighted by Crippen LogP contribution is 2.25. The fraction of sp³-hybridized carbons (Fsp3) is 0. The zero-order chi connectivity index (χ0) is 16.9. The third kappa shape index (κ3) is 3.25. The Kier molecular flexibility index (Phi) is 4.24. The van der Waals surface area contributed by atoms with Crippen molar-refractivity contribution >= 4 is 18.1 Å². The lowest BCUT2D eigenvalue weighted by Crippen LogP contribution is -2.16. The molecule has 1 aromatic carbocycles. The summed E-state index contributed by atoms with van der Waals surface area (Å²) >= 11 is 0. The van der Waals surface area contributed by atoms with Crippen molar-refractivity contribution in [3.05, 3.63) is 71.9 Å². The van der Waals surface area contributed by atoms with Crippen LogP contribution in [0.15, 0.2) is 68.7 Å². The van der Waals surface area contributed by atoms with Crippen molar-refractivity contribution in [2.45, 2.75) is 0 Å². The van der Waals surface area contributed by atoms with Crippen LogP contribution >= 0.6 is 0 Å². The Labute approximate surface area is 136 Å². The zero-order valence-electron chi connectivity index (χ0n) is 12.3. The molecule has 0 fully saturated rings. The molecule has 0 unspecified atom stereocenters. The van der Waals surface area contributed by atoms with Gasteiger partial charge in [-0.1, -0.05) is 18.2 Å². The van der Waals surface area contributed by atoms with Gasteiger partial charge in [0.25, 0.3) is 0 Å². The van der Waals surface area contributed by atoms with Gasteiger partial charge in [-0.15, -0.1) is 0 Å². The van der Waals surface area contributed by atoms with Crippen molar-refractivity contribution in [1.82, 2.24) is 5.43 Å². The predicted octanol–water partition coefficient (Wildman–Crippen LogP) is 3.00. The largest absolute Gasteiger partial charge is 0.478 e. The first kappa shape index (κ1) is 15.3. The molecule has 2 heterocycles. The minimum absolute atomic E-state index is 0.140. The number of hydrogen-bond donors (Lipinski definition) is 2. The van der Waals surface area contributed by atoms with E-state index in [1.54, 1.807) is 36.4 Å². The number of carboxylic acid groups (broad SMARTS) is 1. The molecule has 2 aromatic heterocycles. The molecule has 0 spiro atoms. The second-order valence-corrected chi connectivity index (χ2v) is 4.73. The Hall–Kier alpha value is -3.61. The molecule has 3 rings (SSSR count). The normalized spacial score (nSPS) is 10.8. The Balaban J connectivity index is 1.73. The molecule has 2 N–H and O–H groups in total. The van der Waals surface area contributed by atoms with Crippen LogP contribution < -0.4 is 5.43 Å². The van der Waals surface area contributed by atoms with Crippen molar-refractivity contribution in [3.63, 3.8) is 0 Å². The van der Waals surface area contributed by atoms with Gasteiger partial charge < -0.3 is 13.9 Å². The molecule has 0 aliphatic rings. The van der Waals surface area contributed by atoms with Gasteiger partial charge in [0, 0.05) is 5.56 Å². The van der Waals surface area contributed by atoms with Crippen LogP contribution in [0.5, 0.6) is 0 Å². The van der Waals surface area contributed by atoms with E-state index in [0.29, 0.717) is 17.1 Å². The van der Waals surface area contributed by atoms with Crippen molar-refractivity contribution in [1.29, 1.82) is 0 Å². The Morgan fingerprint density at radius 2 is 1.92 bits per heavy atom. The Bertz CT molecular complexity index is 893. The minimum Gasteiger partial charge on any atom is -0.478 e. The molecule has 7 heteroatoms. The molecular weight excluding hydrogens is 312 g/mol. The number of carbonyl (C=O) groups excluding carboxylic acids is 1. The SMILES string of the molecule is O=C(N/N=C\c1ccc(-c2ccccc2C(=O)O)o1)c1ccco1. The maximum Gasteiger partial charge on any atom is 0.336 e. The number of carbonyl (C=O) groups is 2. The highest BCUT2D eigenvalue weighted by atomic mass is 16.4. The van der Waals surface area contributed by atoms with E-state index in [1.165, 1.54) is 24.6 Å². The van der Waals surface area contributed by atoms with Gasteiger partial charge in [-0.3, -0.25) is 4.79 Å². The van der Waals surface area contributed by atoms with E-state index in [0.717, 1.165) is 0 Å². The molecule has 1 amide bonds. The summed E-state index contributed by atoms with van der Waals surface area (Å²) in [5.74, 6) is -0.624. The number of rotatable bonds is 5. The molecule has 0 aliphatic carbocycles. The van der Waals surface area contributed by atoms with Crippen molar-refractivity contribution < 1.29 is 23.5 Å². The standard InChI is InChI=1S/C17H12N2O5/c20-16(15-6-3-9-23-15)19-18-10-11-7-8-14(24-11)12-4-1-2-5-13(12)17(21)22/h1-10H,(H,19,20)(H,21,22)/b18-10-. The third-order valence-electron chi connectivity index (χ3n) is 3.15. The minimum atomic E-state index is -1.04. The molecule has 0 saturated carbocycles. The van der Waals surface area contributed by atoms with Crippen LogP contribution in [0.25, 0.3) is 11.3 Å². The molecule has 0 bridgehead atoms. The first-order valence-corrected chi connectivity index (χ1v) is 6.94. The van der Waals surface area contributed by atoms with E-state index in [2.05, 4.69) is 10.5 Å². The van der Waals surface area contributed by atoms with E-state index < -0.39 is 11.9 Å². The summed E-state index contributed by atoms with van der Waals surface area (Å²) in [4.78, 5) is 22.9. The summed E-state index contributed by atoms with van der Waals surface area (Å²) in [5.41, 5.74) is 2.90. The zero-order valence-corrected chi connectivity index (χ0v) is 12.3. The summed E-state index contributed by atoms with van der Waals surface area (Å²) in [7, 11) is 0. The number of nitrogens with zero attached hydrogens (tertiary/aromatic N) is 1. The summed E-state index contributed by atoms with van der Waals surface area (Å²) < 4.78 is 10.5.